The molecular formula is C23H17BrN2. The van der Waals surface area contributed by atoms with Crippen LogP contribution in [0.2, 0.25) is 0 Å². The molecule has 0 spiro atoms. The number of halogens is 1. The molecule has 0 aliphatic heterocycles. The summed E-state index contributed by atoms with van der Waals surface area (Å²) in [7, 11) is 0. The Balaban J connectivity index is 1.79. The maximum atomic E-state index is 9.29. The molecule has 0 N–H and O–H groups in total. The standard InChI is InChI=1S/C23H17BrN2/c24-21-8-4-7-18(12-21)11-20-16-26(15-17-5-2-1-3-6-17)23-13-19(14-25)9-10-22(20)23/h1-10,12-13,16H,11,15H2. The van der Waals surface area contributed by atoms with E-state index < -0.39 is 0 Å². The van der Waals surface area contributed by atoms with E-state index in [2.05, 4.69) is 81.3 Å². The zero-order valence-electron chi connectivity index (χ0n) is 14.2. The van der Waals surface area contributed by atoms with E-state index in [-0.39, 0.29) is 0 Å². The van der Waals surface area contributed by atoms with Gasteiger partial charge >= 0.3 is 0 Å². The van der Waals surface area contributed by atoms with Crippen LogP contribution in [0.5, 0.6) is 0 Å². The number of aromatic nitrogens is 1. The van der Waals surface area contributed by atoms with Gasteiger partial charge in [-0.1, -0.05) is 64.5 Å². The molecule has 0 saturated heterocycles. The van der Waals surface area contributed by atoms with Gasteiger partial charge in [-0.15, -0.1) is 0 Å². The summed E-state index contributed by atoms with van der Waals surface area (Å²) in [5.41, 5.74) is 5.60. The van der Waals surface area contributed by atoms with Crippen molar-refractivity contribution in [3.05, 3.63) is 106 Å². The van der Waals surface area contributed by atoms with Gasteiger partial charge in [-0.3, -0.25) is 0 Å². The first-order valence-corrected chi connectivity index (χ1v) is 9.32. The number of fused-ring (bicyclic) bond motifs is 1. The van der Waals surface area contributed by atoms with E-state index in [0.717, 1.165) is 23.0 Å². The summed E-state index contributed by atoms with van der Waals surface area (Å²) < 4.78 is 3.34. The topological polar surface area (TPSA) is 28.7 Å². The van der Waals surface area contributed by atoms with Gasteiger partial charge in [0.15, 0.2) is 0 Å². The predicted octanol–water partition coefficient (Wildman–Crippen LogP) is 5.91. The zero-order chi connectivity index (χ0) is 17.9. The Bertz CT molecular complexity index is 1100. The van der Waals surface area contributed by atoms with Crippen LogP contribution in [0.4, 0.5) is 0 Å². The van der Waals surface area contributed by atoms with Crippen LogP contribution in [0, 0.1) is 11.3 Å². The van der Waals surface area contributed by atoms with Crippen molar-refractivity contribution in [2.24, 2.45) is 0 Å². The fraction of sp³-hybridized carbons (Fsp3) is 0.0870. The molecule has 1 heterocycles. The van der Waals surface area contributed by atoms with Gasteiger partial charge in [0.2, 0.25) is 0 Å². The highest BCUT2D eigenvalue weighted by Crippen LogP contribution is 2.26. The SMILES string of the molecule is N#Cc1ccc2c(Cc3cccc(Br)c3)cn(Cc3ccccc3)c2c1. The van der Waals surface area contributed by atoms with Crippen molar-refractivity contribution in [1.82, 2.24) is 4.57 Å². The second-order valence-electron chi connectivity index (χ2n) is 6.42. The minimum atomic E-state index is 0.693. The third kappa shape index (κ3) is 3.42. The van der Waals surface area contributed by atoms with E-state index in [4.69, 9.17) is 0 Å². The van der Waals surface area contributed by atoms with E-state index in [1.165, 1.54) is 22.1 Å². The summed E-state index contributed by atoms with van der Waals surface area (Å²) in [6, 6.07) is 27.1. The Morgan fingerprint density at radius 1 is 0.885 bits per heavy atom. The second-order valence-corrected chi connectivity index (χ2v) is 7.33. The van der Waals surface area contributed by atoms with Crippen molar-refractivity contribution in [2.75, 3.05) is 0 Å². The molecule has 4 aromatic rings. The molecule has 0 aliphatic carbocycles. The first kappa shape index (κ1) is 16.6. The van der Waals surface area contributed by atoms with Crippen LogP contribution < -0.4 is 0 Å². The average Bonchev–Trinajstić information content (AvgIpc) is 2.99. The van der Waals surface area contributed by atoms with Crippen molar-refractivity contribution in [1.29, 1.82) is 5.26 Å². The highest BCUT2D eigenvalue weighted by Gasteiger charge is 2.11. The molecule has 0 bridgehead atoms. The molecule has 126 valence electrons. The zero-order valence-corrected chi connectivity index (χ0v) is 15.8. The molecule has 3 aromatic carbocycles. The summed E-state index contributed by atoms with van der Waals surface area (Å²) in [6.45, 7) is 0.796. The smallest absolute Gasteiger partial charge is 0.0992 e. The molecule has 0 amide bonds. The number of benzene rings is 3. The highest BCUT2D eigenvalue weighted by molar-refractivity contribution is 9.10. The maximum absolute atomic E-state index is 9.29. The second kappa shape index (κ2) is 7.19. The summed E-state index contributed by atoms with van der Waals surface area (Å²) in [5.74, 6) is 0. The minimum Gasteiger partial charge on any atom is -0.343 e. The van der Waals surface area contributed by atoms with E-state index in [0.29, 0.717) is 5.56 Å². The Morgan fingerprint density at radius 2 is 1.69 bits per heavy atom. The first-order valence-electron chi connectivity index (χ1n) is 8.53. The van der Waals surface area contributed by atoms with Crippen LogP contribution in [0.25, 0.3) is 10.9 Å². The number of hydrogen-bond acceptors (Lipinski definition) is 1. The van der Waals surface area contributed by atoms with E-state index in [1.807, 2.05) is 24.3 Å². The fourth-order valence-corrected chi connectivity index (χ4v) is 3.80. The fourth-order valence-electron chi connectivity index (χ4n) is 3.36. The highest BCUT2D eigenvalue weighted by atomic mass is 79.9. The lowest BCUT2D eigenvalue weighted by Crippen LogP contribution is -1.97. The summed E-state index contributed by atoms with van der Waals surface area (Å²) >= 11 is 3.55. The van der Waals surface area contributed by atoms with Gasteiger partial charge < -0.3 is 4.57 Å². The number of nitrogens with zero attached hydrogens (tertiary/aromatic N) is 2. The van der Waals surface area contributed by atoms with Crippen LogP contribution in [-0.4, -0.2) is 4.57 Å². The van der Waals surface area contributed by atoms with E-state index in [1.54, 1.807) is 0 Å². The molecule has 0 saturated carbocycles. The maximum Gasteiger partial charge on any atom is 0.0992 e. The summed E-state index contributed by atoms with van der Waals surface area (Å²) in [4.78, 5) is 0. The Kier molecular flexibility index (Phi) is 4.60. The largest absolute Gasteiger partial charge is 0.343 e. The number of hydrogen-bond donors (Lipinski definition) is 0. The third-order valence-corrected chi connectivity index (χ3v) is 5.07. The molecule has 26 heavy (non-hydrogen) atoms. The summed E-state index contributed by atoms with van der Waals surface area (Å²) in [5, 5.41) is 10.5. The Hall–Kier alpha value is -2.83. The number of nitriles is 1. The van der Waals surface area contributed by atoms with Crippen molar-refractivity contribution >= 4 is 26.8 Å². The number of rotatable bonds is 4. The van der Waals surface area contributed by atoms with Crippen LogP contribution in [-0.2, 0) is 13.0 Å². The first-order chi connectivity index (χ1) is 12.7. The van der Waals surface area contributed by atoms with Crippen LogP contribution in [0.1, 0.15) is 22.3 Å². The quantitative estimate of drug-likeness (QED) is 0.418. The van der Waals surface area contributed by atoms with Crippen molar-refractivity contribution < 1.29 is 0 Å². The summed E-state index contributed by atoms with van der Waals surface area (Å²) in [6.07, 6.45) is 3.09. The lowest BCUT2D eigenvalue weighted by atomic mass is 10.0. The Morgan fingerprint density at radius 3 is 2.46 bits per heavy atom. The molecule has 0 atom stereocenters. The van der Waals surface area contributed by atoms with Crippen LogP contribution in [0.3, 0.4) is 0 Å². The molecular weight excluding hydrogens is 384 g/mol. The van der Waals surface area contributed by atoms with Gasteiger partial charge in [0.25, 0.3) is 0 Å². The van der Waals surface area contributed by atoms with Crippen molar-refractivity contribution in [3.63, 3.8) is 0 Å². The lowest BCUT2D eigenvalue weighted by molar-refractivity contribution is 0.832. The molecule has 0 radical (unpaired) electrons. The molecule has 0 fully saturated rings. The lowest BCUT2D eigenvalue weighted by Gasteiger charge is -2.05. The molecule has 0 aliphatic rings. The van der Waals surface area contributed by atoms with E-state index in [9.17, 15) is 5.26 Å². The third-order valence-electron chi connectivity index (χ3n) is 4.57. The monoisotopic (exact) mass is 400 g/mol. The van der Waals surface area contributed by atoms with Gasteiger partial charge in [0.1, 0.15) is 0 Å². The Labute approximate surface area is 161 Å². The molecule has 3 heteroatoms. The van der Waals surface area contributed by atoms with Gasteiger partial charge in [-0.05, 0) is 47.4 Å². The van der Waals surface area contributed by atoms with Gasteiger partial charge in [-0.25, -0.2) is 0 Å². The van der Waals surface area contributed by atoms with Crippen LogP contribution in [0.15, 0.2) is 83.5 Å². The van der Waals surface area contributed by atoms with Crippen molar-refractivity contribution in [2.45, 2.75) is 13.0 Å². The van der Waals surface area contributed by atoms with E-state index >= 15 is 0 Å². The average molecular weight is 401 g/mol. The minimum absolute atomic E-state index is 0.693. The predicted molar refractivity (Wildman–Crippen MR) is 109 cm³/mol. The van der Waals surface area contributed by atoms with Gasteiger partial charge in [0, 0.05) is 28.1 Å². The molecule has 4 rings (SSSR count). The molecule has 1 aromatic heterocycles. The van der Waals surface area contributed by atoms with Crippen molar-refractivity contribution in [3.8, 4) is 6.07 Å². The normalized spacial score (nSPS) is 10.8. The van der Waals surface area contributed by atoms with Crippen LogP contribution >= 0.6 is 15.9 Å². The van der Waals surface area contributed by atoms with Gasteiger partial charge in [-0.2, -0.15) is 5.26 Å². The molecule has 0 unspecified atom stereocenters. The molecule has 2 nitrogen and oxygen atoms in total. The van der Waals surface area contributed by atoms with Gasteiger partial charge in [0.05, 0.1) is 11.6 Å².